The molecule has 1 heterocycles. The summed E-state index contributed by atoms with van der Waals surface area (Å²) in [4.78, 5) is 11.0. The van der Waals surface area contributed by atoms with Crippen LogP contribution in [0.1, 0.15) is 32.6 Å². The molecule has 8 heteroatoms. The normalized spacial score (nSPS) is 36.2. The van der Waals surface area contributed by atoms with Gasteiger partial charge in [0.25, 0.3) is 0 Å². The van der Waals surface area contributed by atoms with Crippen LogP contribution in [0.25, 0.3) is 0 Å². The van der Waals surface area contributed by atoms with Crippen LogP contribution in [0.3, 0.4) is 0 Å². The van der Waals surface area contributed by atoms with Crippen LogP contribution in [-0.4, -0.2) is 35.8 Å². The number of nitrogens with one attached hydrogen (secondary N) is 1. The van der Waals surface area contributed by atoms with Crippen LogP contribution in [0.15, 0.2) is 28.9 Å². The quantitative estimate of drug-likeness (QED) is 0.796. The molecule has 1 amide bonds. The fourth-order valence-electron chi connectivity index (χ4n) is 3.97. The minimum absolute atomic E-state index is 0.152. The molecule has 3 rings (SSSR count). The maximum atomic E-state index is 13.8. The molecule has 2 atom stereocenters. The minimum Gasteiger partial charge on any atom is -0.442 e. The Labute approximate surface area is 143 Å². The second-order valence-corrected chi connectivity index (χ2v) is 7.09. The van der Waals surface area contributed by atoms with E-state index in [0.29, 0.717) is 31.3 Å². The third-order valence-corrected chi connectivity index (χ3v) is 5.52. The number of halogens is 3. The van der Waals surface area contributed by atoms with E-state index in [1.54, 1.807) is 19.1 Å². The van der Waals surface area contributed by atoms with Crippen LogP contribution in [0.4, 0.5) is 18.0 Å². The summed E-state index contributed by atoms with van der Waals surface area (Å²) in [6.45, 7) is 1.48. The lowest BCUT2D eigenvalue weighted by atomic mass is 9.60. The van der Waals surface area contributed by atoms with Crippen molar-refractivity contribution in [1.82, 2.24) is 5.43 Å². The Kier molecular flexibility index (Phi) is 4.66. The number of aliphatic hydroxyl groups excluding tert-OH is 1. The maximum Gasteiger partial charge on any atom is 0.428 e. The summed E-state index contributed by atoms with van der Waals surface area (Å²) in [5, 5.41) is 13.4. The smallest absolute Gasteiger partial charge is 0.428 e. The summed E-state index contributed by atoms with van der Waals surface area (Å²) in [6, 6.07) is 0. The molecule has 1 saturated carbocycles. The van der Waals surface area contributed by atoms with Crippen LogP contribution in [0.5, 0.6) is 0 Å². The number of aliphatic hydroxyl groups is 1. The third kappa shape index (κ3) is 3.58. The number of allylic oxidation sites excluding steroid dienone is 3. The average Bonchev–Trinajstić information content (AvgIpc) is 2.55. The second kappa shape index (κ2) is 6.48. The molecule has 5 nitrogen and oxygen atoms in total. The van der Waals surface area contributed by atoms with Crippen LogP contribution in [0.2, 0.25) is 0 Å². The summed E-state index contributed by atoms with van der Waals surface area (Å²) in [7, 11) is 0. The van der Waals surface area contributed by atoms with Gasteiger partial charge in [0.15, 0.2) is 0 Å². The number of hydrogen-bond donors (Lipinski definition) is 2. The van der Waals surface area contributed by atoms with E-state index in [2.05, 4.69) is 10.5 Å². The molecule has 0 bridgehead atoms. The highest BCUT2D eigenvalue weighted by atomic mass is 19.4. The summed E-state index contributed by atoms with van der Waals surface area (Å²) in [5.41, 5.74) is 1.63. The van der Waals surface area contributed by atoms with Gasteiger partial charge in [-0.25, -0.2) is 10.2 Å². The van der Waals surface area contributed by atoms with Gasteiger partial charge in [-0.2, -0.15) is 18.3 Å². The van der Waals surface area contributed by atoms with Gasteiger partial charge in [-0.15, -0.1) is 0 Å². The van der Waals surface area contributed by atoms with Gasteiger partial charge in [0.2, 0.25) is 0 Å². The maximum absolute atomic E-state index is 13.8. The van der Waals surface area contributed by atoms with Crippen LogP contribution in [-0.2, 0) is 4.74 Å². The molecule has 0 aromatic rings. The number of hydrogen-bond acceptors (Lipinski definition) is 4. The van der Waals surface area contributed by atoms with Crippen LogP contribution in [0, 0.1) is 17.3 Å². The molecule has 3 aliphatic rings. The number of amides is 1. The van der Waals surface area contributed by atoms with Gasteiger partial charge >= 0.3 is 12.3 Å². The van der Waals surface area contributed by atoms with E-state index in [-0.39, 0.29) is 18.2 Å². The number of rotatable bonds is 2. The van der Waals surface area contributed by atoms with Crippen molar-refractivity contribution < 1.29 is 27.8 Å². The van der Waals surface area contributed by atoms with E-state index in [1.165, 1.54) is 6.08 Å². The molecular formula is C17H21F3N2O3. The molecule has 2 unspecified atom stereocenters. The van der Waals surface area contributed by atoms with Gasteiger partial charge in [0, 0.05) is 5.41 Å². The lowest BCUT2D eigenvalue weighted by Gasteiger charge is -2.45. The Bertz CT molecular complexity index is 634. The van der Waals surface area contributed by atoms with Crippen molar-refractivity contribution in [3.05, 3.63) is 23.8 Å². The average molecular weight is 358 g/mol. The molecule has 0 saturated heterocycles. The number of alkyl halides is 3. The molecule has 25 heavy (non-hydrogen) atoms. The highest BCUT2D eigenvalue weighted by Gasteiger charge is 2.53. The lowest BCUT2D eigenvalue weighted by molar-refractivity contribution is -0.192. The van der Waals surface area contributed by atoms with E-state index in [9.17, 15) is 23.1 Å². The Balaban J connectivity index is 1.89. The first-order valence-electron chi connectivity index (χ1n) is 8.35. The summed E-state index contributed by atoms with van der Waals surface area (Å²) < 4.78 is 46.2. The predicted octanol–water partition coefficient (Wildman–Crippen LogP) is 3.31. The number of cyclic esters (lactones) is 1. The second-order valence-electron chi connectivity index (χ2n) is 7.09. The van der Waals surface area contributed by atoms with Crippen LogP contribution >= 0.6 is 0 Å². The molecule has 138 valence electrons. The molecule has 2 aliphatic carbocycles. The van der Waals surface area contributed by atoms with Crippen LogP contribution < -0.4 is 5.43 Å². The van der Waals surface area contributed by atoms with Gasteiger partial charge in [-0.05, 0) is 37.2 Å². The van der Waals surface area contributed by atoms with Crippen molar-refractivity contribution >= 4 is 11.8 Å². The molecule has 0 aromatic heterocycles. The molecule has 0 aromatic carbocycles. The van der Waals surface area contributed by atoms with Gasteiger partial charge in [0.1, 0.15) is 12.3 Å². The van der Waals surface area contributed by atoms with Gasteiger partial charge < -0.3 is 9.84 Å². The minimum atomic E-state index is -4.40. The van der Waals surface area contributed by atoms with Crippen molar-refractivity contribution in [2.75, 3.05) is 6.61 Å². The summed E-state index contributed by atoms with van der Waals surface area (Å²) in [6.07, 6.45) is 1.08. The fourth-order valence-corrected chi connectivity index (χ4v) is 3.97. The van der Waals surface area contributed by atoms with E-state index in [4.69, 9.17) is 4.74 Å². The molecule has 1 aliphatic heterocycles. The van der Waals surface area contributed by atoms with Gasteiger partial charge in [0.05, 0.1) is 12.0 Å². The molecule has 2 N–H and O–H groups in total. The fraction of sp³-hybridized carbons (Fsp3) is 0.647. The van der Waals surface area contributed by atoms with Crippen molar-refractivity contribution in [2.24, 2.45) is 22.4 Å². The monoisotopic (exact) mass is 358 g/mol. The molecule has 0 spiro atoms. The molecular weight excluding hydrogens is 337 g/mol. The van der Waals surface area contributed by atoms with Gasteiger partial charge in [-0.1, -0.05) is 25.2 Å². The number of hydrazone groups is 1. The van der Waals surface area contributed by atoms with E-state index in [1.807, 2.05) is 0 Å². The predicted molar refractivity (Wildman–Crippen MR) is 84.8 cm³/mol. The Morgan fingerprint density at radius 3 is 2.56 bits per heavy atom. The zero-order chi connectivity index (χ0) is 18.2. The molecule has 1 fully saturated rings. The Hall–Kier alpha value is -1.83. The zero-order valence-corrected chi connectivity index (χ0v) is 13.8. The Morgan fingerprint density at radius 1 is 1.32 bits per heavy atom. The Morgan fingerprint density at radius 2 is 2.00 bits per heavy atom. The van der Waals surface area contributed by atoms with Crippen molar-refractivity contribution in [3.63, 3.8) is 0 Å². The van der Waals surface area contributed by atoms with Gasteiger partial charge in [-0.3, -0.25) is 0 Å². The first kappa shape index (κ1) is 18.0. The van der Waals surface area contributed by atoms with E-state index < -0.39 is 29.7 Å². The SMILES string of the molecule is CC1([C@H]2CC[C@H](O)CC2)C=CC(C2=NNC(=O)OC2)=CC1C(F)(F)F. The summed E-state index contributed by atoms with van der Waals surface area (Å²) in [5.74, 6) is -1.80. The number of ether oxygens (including phenoxy) is 1. The van der Waals surface area contributed by atoms with Crippen molar-refractivity contribution in [2.45, 2.75) is 44.9 Å². The molecule has 0 radical (unpaired) electrons. The number of nitrogens with zero attached hydrogens (tertiary/aromatic N) is 1. The van der Waals surface area contributed by atoms with E-state index >= 15 is 0 Å². The van der Waals surface area contributed by atoms with E-state index in [0.717, 1.165) is 0 Å². The summed E-state index contributed by atoms with van der Waals surface area (Å²) >= 11 is 0. The highest BCUT2D eigenvalue weighted by Crippen LogP contribution is 2.53. The first-order valence-corrected chi connectivity index (χ1v) is 8.35. The third-order valence-electron chi connectivity index (χ3n) is 5.52. The van der Waals surface area contributed by atoms with Crippen molar-refractivity contribution in [3.8, 4) is 0 Å². The first-order chi connectivity index (χ1) is 11.7. The van der Waals surface area contributed by atoms with Crippen molar-refractivity contribution in [1.29, 1.82) is 0 Å². The zero-order valence-electron chi connectivity index (χ0n) is 13.8. The standard InChI is InChI=1S/C17H21F3N2O3/c1-16(11-2-4-12(23)5-3-11)7-6-10(8-14(16)17(18,19)20)13-9-25-15(24)22-21-13/h6-8,11-12,14,23H,2-5,9H2,1H3,(H,22,24)/t11-,12-,14?,16?. The lowest BCUT2D eigenvalue weighted by Crippen LogP contribution is -2.44. The highest BCUT2D eigenvalue weighted by molar-refractivity contribution is 6.05. The largest absolute Gasteiger partial charge is 0.442 e. The number of carbonyl (C=O) groups is 1. The number of carbonyl (C=O) groups excluding carboxylic acids is 1. The topological polar surface area (TPSA) is 70.9 Å².